The number of nitrogens with zero attached hydrogens (tertiary/aromatic N) is 1. The smallest absolute Gasteiger partial charge is 0.318 e. The van der Waals surface area contributed by atoms with Gasteiger partial charge in [-0.25, -0.2) is 4.79 Å². The molecule has 0 aromatic heterocycles. The molecule has 1 atom stereocenters. The van der Waals surface area contributed by atoms with Crippen LogP contribution in [-0.2, 0) is 0 Å². The first kappa shape index (κ1) is 14.4. The van der Waals surface area contributed by atoms with E-state index in [9.17, 15) is 4.79 Å². The SMILES string of the molecule is CC(c1cccc(N)c1)N(C)C(=O)NC(C)(C)C. The number of anilines is 1. The van der Waals surface area contributed by atoms with Crippen molar-refractivity contribution in [3.63, 3.8) is 0 Å². The number of nitrogens with one attached hydrogen (secondary N) is 1. The highest BCUT2D eigenvalue weighted by Crippen LogP contribution is 2.21. The van der Waals surface area contributed by atoms with E-state index in [1.807, 2.05) is 52.0 Å². The van der Waals surface area contributed by atoms with E-state index in [0.29, 0.717) is 5.69 Å². The predicted molar refractivity (Wildman–Crippen MR) is 75.3 cm³/mol. The Kier molecular flexibility index (Phi) is 4.22. The van der Waals surface area contributed by atoms with E-state index in [1.54, 1.807) is 11.9 Å². The molecule has 3 N–H and O–H groups in total. The molecular formula is C14H23N3O. The summed E-state index contributed by atoms with van der Waals surface area (Å²) in [4.78, 5) is 13.7. The fourth-order valence-electron chi connectivity index (χ4n) is 1.63. The standard InChI is InChI=1S/C14H23N3O/c1-10(11-7-6-8-12(15)9-11)17(5)13(18)16-14(2,3)4/h6-10H,15H2,1-5H3,(H,16,18). The highest BCUT2D eigenvalue weighted by Gasteiger charge is 2.21. The van der Waals surface area contributed by atoms with Crippen LogP contribution in [-0.4, -0.2) is 23.5 Å². The lowest BCUT2D eigenvalue weighted by Gasteiger charge is -2.30. The minimum absolute atomic E-state index is 0.0177. The average molecular weight is 249 g/mol. The van der Waals surface area contributed by atoms with Gasteiger partial charge in [0.05, 0.1) is 6.04 Å². The fourth-order valence-corrected chi connectivity index (χ4v) is 1.63. The molecule has 0 radical (unpaired) electrons. The van der Waals surface area contributed by atoms with Crippen molar-refractivity contribution in [3.8, 4) is 0 Å². The van der Waals surface area contributed by atoms with Crippen molar-refractivity contribution in [3.05, 3.63) is 29.8 Å². The Bertz CT molecular complexity index is 423. The second kappa shape index (κ2) is 5.29. The van der Waals surface area contributed by atoms with Gasteiger partial charge < -0.3 is 16.0 Å². The molecule has 0 fully saturated rings. The van der Waals surface area contributed by atoms with Crippen molar-refractivity contribution in [2.75, 3.05) is 12.8 Å². The van der Waals surface area contributed by atoms with E-state index < -0.39 is 0 Å². The number of nitrogens with two attached hydrogens (primary N) is 1. The summed E-state index contributed by atoms with van der Waals surface area (Å²) in [6.45, 7) is 7.87. The van der Waals surface area contributed by atoms with Gasteiger partial charge in [0.2, 0.25) is 0 Å². The first-order valence-electron chi connectivity index (χ1n) is 6.11. The zero-order valence-electron chi connectivity index (χ0n) is 11.8. The zero-order chi connectivity index (χ0) is 13.9. The number of rotatable bonds is 2. The lowest BCUT2D eigenvalue weighted by atomic mass is 10.1. The largest absolute Gasteiger partial charge is 0.399 e. The maximum absolute atomic E-state index is 12.0. The average Bonchev–Trinajstić information content (AvgIpc) is 2.24. The van der Waals surface area contributed by atoms with Crippen molar-refractivity contribution >= 4 is 11.7 Å². The number of carbonyl (C=O) groups excluding carboxylic acids is 1. The van der Waals surface area contributed by atoms with Crippen LogP contribution in [0.3, 0.4) is 0 Å². The van der Waals surface area contributed by atoms with E-state index >= 15 is 0 Å². The van der Waals surface area contributed by atoms with Crippen LogP contribution >= 0.6 is 0 Å². The maximum Gasteiger partial charge on any atom is 0.318 e. The van der Waals surface area contributed by atoms with Gasteiger partial charge in [0.15, 0.2) is 0 Å². The minimum atomic E-state index is -0.235. The van der Waals surface area contributed by atoms with Gasteiger partial charge in [-0.3, -0.25) is 0 Å². The van der Waals surface area contributed by atoms with Gasteiger partial charge in [0.25, 0.3) is 0 Å². The van der Waals surface area contributed by atoms with Crippen LogP contribution < -0.4 is 11.1 Å². The monoisotopic (exact) mass is 249 g/mol. The molecule has 18 heavy (non-hydrogen) atoms. The summed E-state index contributed by atoms with van der Waals surface area (Å²) in [5.74, 6) is 0. The van der Waals surface area contributed by atoms with Gasteiger partial charge in [-0.2, -0.15) is 0 Å². The summed E-state index contributed by atoms with van der Waals surface area (Å²) in [6.07, 6.45) is 0. The highest BCUT2D eigenvalue weighted by molar-refractivity contribution is 5.75. The van der Waals surface area contributed by atoms with Gasteiger partial charge in [0.1, 0.15) is 0 Å². The summed E-state index contributed by atoms with van der Waals surface area (Å²) >= 11 is 0. The summed E-state index contributed by atoms with van der Waals surface area (Å²) in [6, 6.07) is 7.50. The molecule has 100 valence electrons. The molecule has 0 bridgehead atoms. The number of carbonyl (C=O) groups is 1. The molecule has 0 spiro atoms. The summed E-state index contributed by atoms with van der Waals surface area (Å²) in [5.41, 5.74) is 7.26. The third kappa shape index (κ3) is 3.95. The molecule has 1 rings (SSSR count). The molecule has 4 heteroatoms. The molecule has 1 unspecified atom stereocenters. The Labute approximate surface area is 109 Å². The second-order valence-electron chi connectivity index (χ2n) is 5.64. The number of hydrogen-bond donors (Lipinski definition) is 2. The predicted octanol–water partition coefficient (Wildman–Crippen LogP) is 2.77. The normalized spacial score (nSPS) is 12.9. The second-order valence-corrected chi connectivity index (χ2v) is 5.64. The van der Waals surface area contributed by atoms with Crippen molar-refractivity contribution in [1.29, 1.82) is 0 Å². The molecule has 0 saturated heterocycles. The Morgan fingerprint density at radius 3 is 2.50 bits per heavy atom. The van der Waals surface area contributed by atoms with E-state index in [0.717, 1.165) is 5.56 Å². The first-order valence-corrected chi connectivity index (χ1v) is 6.11. The van der Waals surface area contributed by atoms with Crippen molar-refractivity contribution in [2.45, 2.75) is 39.3 Å². The van der Waals surface area contributed by atoms with Gasteiger partial charge in [0, 0.05) is 18.3 Å². The molecule has 0 heterocycles. The first-order chi connectivity index (χ1) is 8.20. The van der Waals surface area contributed by atoms with Crippen molar-refractivity contribution < 1.29 is 4.79 Å². The van der Waals surface area contributed by atoms with Crippen LogP contribution in [0.25, 0.3) is 0 Å². The van der Waals surface area contributed by atoms with E-state index in [4.69, 9.17) is 5.73 Å². The van der Waals surface area contributed by atoms with Gasteiger partial charge >= 0.3 is 6.03 Å². The van der Waals surface area contributed by atoms with E-state index in [1.165, 1.54) is 0 Å². The quantitative estimate of drug-likeness (QED) is 0.792. The number of amides is 2. The fraction of sp³-hybridized carbons (Fsp3) is 0.500. The third-order valence-electron chi connectivity index (χ3n) is 2.78. The van der Waals surface area contributed by atoms with Gasteiger partial charge in [-0.1, -0.05) is 12.1 Å². The number of hydrogen-bond acceptors (Lipinski definition) is 2. The Morgan fingerprint density at radius 1 is 1.39 bits per heavy atom. The van der Waals surface area contributed by atoms with Crippen LogP contribution in [0.2, 0.25) is 0 Å². The van der Waals surface area contributed by atoms with Gasteiger partial charge in [-0.15, -0.1) is 0 Å². The van der Waals surface area contributed by atoms with Gasteiger partial charge in [-0.05, 0) is 45.4 Å². The van der Waals surface area contributed by atoms with Crippen molar-refractivity contribution in [1.82, 2.24) is 10.2 Å². The molecule has 2 amide bonds. The molecule has 4 nitrogen and oxygen atoms in total. The molecule has 0 saturated carbocycles. The van der Waals surface area contributed by atoms with Crippen LogP contribution in [0, 0.1) is 0 Å². The van der Waals surface area contributed by atoms with Crippen LogP contribution in [0.15, 0.2) is 24.3 Å². The van der Waals surface area contributed by atoms with Crippen LogP contribution in [0.5, 0.6) is 0 Å². The topological polar surface area (TPSA) is 58.4 Å². The lowest BCUT2D eigenvalue weighted by molar-refractivity contribution is 0.185. The maximum atomic E-state index is 12.0. The lowest BCUT2D eigenvalue weighted by Crippen LogP contribution is -2.47. The van der Waals surface area contributed by atoms with Crippen molar-refractivity contribution in [2.24, 2.45) is 0 Å². The minimum Gasteiger partial charge on any atom is -0.399 e. The molecule has 0 aliphatic rings. The molecule has 1 aromatic carbocycles. The molecular weight excluding hydrogens is 226 g/mol. The third-order valence-corrected chi connectivity index (χ3v) is 2.78. The summed E-state index contributed by atoms with van der Waals surface area (Å²) in [5, 5.41) is 2.94. The summed E-state index contributed by atoms with van der Waals surface area (Å²) < 4.78 is 0. The highest BCUT2D eigenvalue weighted by atomic mass is 16.2. The van der Waals surface area contributed by atoms with Crippen LogP contribution in [0.1, 0.15) is 39.3 Å². The Morgan fingerprint density at radius 2 is 2.00 bits per heavy atom. The van der Waals surface area contributed by atoms with Crippen LogP contribution in [0.4, 0.5) is 10.5 Å². The number of urea groups is 1. The zero-order valence-corrected chi connectivity index (χ0v) is 11.8. The van der Waals surface area contributed by atoms with E-state index in [-0.39, 0.29) is 17.6 Å². The number of benzene rings is 1. The Hall–Kier alpha value is -1.71. The molecule has 1 aromatic rings. The number of nitrogen functional groups attached to an aromatic ring is 1. The van der Waals surface area contributed by atoms with E-state index in [2.05, 4.69) is 5.32 Å². The molecule has 0 aliphatic carbocycles. The molecule has 0 aliphatic heterocycles. The Balaban J connectivity index is 2.78. The summed E-state index contributed by atoms with van der Waals surface area (Å²) in [7, 11) is 1.79.